The largest absolute Gasteiger partial charge is 0.481 e. The summed E-state index contributed by atoms with van der Waals surface area (Å²) in [5.74, 6) is -4.55. The molecule has 0 aliphatic heterocycles. The second-order valence-electron chi connectivity index (χ2n) is 6.16. The van der Waals surface area contributed by atoms with E-state index in [9.17, 15) is 34.2 Å². The number of rotatable bonds is 14. The van der Waals surface area contributed by atoms with Gasteiger partial charge in [0.25, 0.3) is 0 Å². The van der Waals surface area contributed by atoms with Gasteiger partial charge in [-0.1, -0.05) is 0 Å². The molecule has 12 nitrogen and oxygen atoms in total. The first kappa shape index (κ1) is 26.6. The summed E-state index contributed by atoms with van der Waals surface area (Å²) >= 11 is 1.39. The van der Waals surface area contributed by atoms with Crippen molar-refractivity contribution >= 4 is 41.4 Å². The molecule has 0 saturated heterocycles. The van der Waals surface area contributed by atoms with Crippen molar-refractivity contribution < 1.29 is 39.3 Å². The fourth-order valence-corrected chi connectivity index (χ4v) is 2.67. The average molecular weight is 436 g/mol. The first-order valence-electron chi connectivity index (χ1n) is 8.75. The molecule has 0 bridgehead atoms. The summed E-state index contributed by atoms with van der Waals surface area (Å²) in [7, 11) is 0. The lowest BCUT2D eigenvalue weighted by Crippen LogP contribution is -2.59. The summed E-state index contributed by atoms with van der Waals surface area (Å²) in [6, 6.07) is -4.03. The van der Waals surface area contributed by atoms with Crippen molar-refractivity contribution in [2.45, 2.75) is 50.4 Å². The number of aliphatic carboxylic acids is 2. The molecule has 166 valence electrons. The molecule has 0 fully saturated rings. The maximum absolute atomic E-state index is 12.4. The molecule has 8 N–H and O–H groups in total. The minimum absolute atomic E-state index is 0.135. The van der Waals surface area contributed by atoms with Crippen LogP contribution in [0.4, 0.5) is 0 Å². The maximum atomic E-state index is 12.4. The van der Waals surface area contributed by atoms with Crippen molar-refractivity contribution in [1.82, 2.24) is 16.0 Å². The topological polar surface area (TPSA) is 208 Å². The minimum Gasteiger partial charge on any atom is -0.481 e. The number of amides is 3. The third-order valence-electron chi connectivity index (χ3n) is 3.77. The molecule has 0 radical (unpaired) electrons. The highest BCUT2D eigenvalue weighted by Gasteiger charge is 2.32. The predicted octanol–water partition coefficient (Wildman–Crippen LogP) is -2.52. The Bertz CT molecular complexity index is 601. The van der Waals surface area contributed by atoms with Gasteiger partial charge in [-0.25, -0.2) is 4.79 Å². The Hall–Kier alpha value is -2.38. The standard InChI is InChI=1S/C16H28N4O8S/c1-8(21)13(15(26)19-10(16(27)28)5-6-29-2)20-14(25)9(3-4-12(23)24)18-11(22)7-17/h8-10,13,21H,3-7,17H2,1-2H3,(H,18,22)(H,19,26)(H,20,25)(H,23,24)(H,27,28). The summed E-state index contributed by atoms with van der Waals surface area (Å²) < 4.78 is 0. The highest BCUT2D eigenvalue weighted by Crippen LogP contribution is 2.04. The Balaban J connectivity index is 5.25. The van der Waals surface area contributed by atoms with Crippen LogP contribution in [0.3, 0.4) is 0 Å². The second-order valence-corrected chi connectivity index (χ2v) is 7.15. The van der Waals surface area contributed by atoms with Gasteiger partial charge in [0.15, 0.2) is 0 Å². The molecule has 0 aromatic rings. The minimum atomic E-state index is -1.51. The van der Waals surface area contributed by atoms with Gasteiger partial charge in [0, 0.05) is 6.42 Å². The van der Waals surface area contributed by atoms with Gasteiger partial charge in [0.1, 0.15) is 18.1 Å². The number of hydrogen-bond donors (Lipinski definition) is 7. The number of aliphatic hydroxyl groups excluding tert-OH is 1. The lowest BCUT2D eigenvalue weighted by molar-refractivity contribution is -0.143. The van der Waals surface area contributed by atoms with E-state index < -0.39 is 66.9 Å². The quantitative estimate of drug-likeness (QED) is 0.152. The van der Waals surface area contributed by atoms with Crippen LogP contribution in [0.1, 0.15) is 26.2 Å². The zero-order valence-electron chi connectivity index (χ0n) is 16.2. The van der Waals surface area contributed by atoms with E-state index >= 15 is 0 Å². The molecule has 0 aliphatic carbocycles. The lowest BCUT2D eigenvalue weighted by Gasteiger charge is -2.25. The second kappa shape index (κ2) is 13.7. The Morgan fingerprint density at radius 2 is 1.59 bits per heavy atom. The van der Waals surface area contributed by atoms with Crippen molar-refractivity contribution in [3.63, 3.8) is 0 Å². The zero-order chi connectivity index (χ0) is 22.6. The Morgan fingerprint density at radius 1 is 0.966 bits per heavy atom. The van der Waals surface area contributed by atoms with Crippen LogP contribution in [-0.4, -0.2) is 87.8 Å². The number of hydrogen-bond acceptors (Lipinski definition) is 8. The Morgan fingerprint density at radius 3 is 2.03 bits per heavy atom. The van der Waals surface area contributed by atoms with Crippen molar-refractivity contribution in [3.8, 4) is 0 Å². The number of carbonyl (C=O) groups excluding carboxylic acids is 3. The molecule has 4 unspecified atom stereocenters. The SMILES string of the molecule is CSCCC(NC(=O)C(NC(=O)C(CCC(=O)O)NC(=O)CN)C(C)O)C(=O)O. The van der Waals surface area contributed by atoms with Gasteiger partial charge in [0.2, 0.25) is 17.7 Å². The fourth-order valence-electron chi connectivity index (χ4n) is 2.20. The Labute approximate surface area is 172 Å². The van der Waals surface area contributed by atoms with Crippen LogP contribution in [0, 0.1) is 0 Å². The number of thioether (sulfide) groups is 1. The van der Waals surface area contributed by atoms with Gasteiger partial charge in [-0.15, -0.1) is 0 Å². The van der Waals surface area contributed by atoms with E-state index in [0.717, 1.165) is 0 Å². The van der Waals surface area contributed by atoms with Crippen LogP contribution in [0.25, 0.3) is 0 Å². The highest BCUT2D eigenvalue weighted by atomic mass is 32.2. The molecular formula is C16H28N4O8S. The van der Waals surface area contributed by atoms with Crippen LogP contribution in [0.2, 0.25) is 0 Å². The normalized spacial score (nSPS) is 14.8. The zero-order valence-corrected chi connectivity index (χ0v) is 17.0. The maximum Gasteiger partial charge on any atom is 0.326 e. The molecule has 13 heteroatoms. The van der Waals surface area contributed by atoms with E-state index in [1.165, 1.54) is 18.7 Å². The molecule has 0 saturated carbocycles. The van der Waals surface area contributed by atoms with Crippen LogP contribution in [0.15, 0.2) is 0 Å². The average Bonchev–Trinajstić information content (AvgIpc) is 2.64. The fraction of sp³-hybridized carbons (Fsp3) is 0.688. The van der Waals surface area contributed by atoms with Crippen LogP contribution >= 0.6 is 11.8 Å². The van der Waals surface area contributed by atoms with Gasteiger partial charge < -0.3 is 37.0 Å². The van der Waals surface area contributed by atoms with Gasteiger partial charge in [-0.3, -0.25) is 19.2 Å². The van der Waals surface area contributed by atoms with Crippen molar-refractivity contribution in [3.05, 3.63) is 0 Å². The van der Waals surface area contributed by atoms with Gasteiger partial charge >= 0.3 is 11.9 Å². The monoisotopic (exact) mass is 436 g/mol. The van der Waals surface area contributed by atoms with Crippen LogP contribution < -0.4 is 21.7 Å². The van der Waals surface area contributed by atoms with Crippen LogP contribution in [-0.2, 0) is 24.0 Å². The van der Waals surface area contributed by atoms with E-state index in [4.69, 9.17) is 10.8 Å². The van der Waals surface area contributed by atoms with Crippen LogP contribution in [0.5, 0.6) is 0 Å². The summed E-state index contributed by atoms with van der Waals surface area (Å²) in [6.07, 6.45) is -0.195. The lowest BCUT2D eigenvalue weighted by atomic mass is 10.1. The van der Waals surface area contributed by atoms with Gasteiger partial charge in [-0.2, -0.15) is 11.8 Å². The third kappa shape index (κ3) is 10.7. The Kier molecular flexibility index (Phi) is 12.6. The van der Waals surface area contributed by atoms with E-state index in [1.54, 1.807) is 6.26 Å². The first-order valence-corrected chi connectivity index (χ1v) is 10.1. The summed E-state index contributed by atoms with van der Waals surface area (Å²) in [5.41, 5.74) is 5.18. The molecule has 0 aliphatic rings. The molecule has 0 rings (SSSR count). The molecule has 4 atom stereocenters. The highest BCUT2D eigenvalue weighted by molar-refractivity contribution is 7.98. The summed E-state index contributed by atoms with van der Waals surface area (Å²) in [6.45, 7) is 0.778. The van der Waals surface area contributed by atoms with Gasteiger partial charge in [-0.05, 0) is 31.8 Å². The predicted molar refractivity (Wildman–Crippen MR) is 104 cm³/mol. The molecular weight excluding hydrogens is 408 g/mol. The number of carboxylic acids is 2. The molecule has 0 heterocycles. The molecule has 3 amide bonds. The molecule has 0 aromatic carbocycles. The number of carbonyl (C=O) groups is 5. The van der Waals surface area contributed by atoms with Crippen molar-refractivity contribution in [1.29, 1.82) is 0 Å². The number of aliphatic hydroxyl groups is 1. The summed E-state index contributed by atoms with van der Waals surface area (Å²) in [4.78, 5) is 58.4. The van der Waals surface area contributed by atoms with E-state index in [-0.39, 0.29) is 12.8 Å². The molecule has 0 aromatic heterocycles. The van der Waals surface area contributed by atoms with E-state index in [1.807, 2.05) is 0 Å². The van der Waals surface area contributed by atoms with Crippen molar-refractivity contribution in [2.24, 2.45) is 5.73 Å². The number of nitrogens with one attached hydrogen (secondary N) is 3. The van der Waals surface area contributed by atoms with Crippen molar-refractivity contribution in [2.75, 3.05) is 18.6 Å². The molecule has 0 spiro atoms. The first-order chi connectivity index (χ1) is 13.5. The number of nitrogens with two attached hydrogens (primary N) is 1. The van der Waals surface area contributed by atoms with E-state index in [0.29, 0.717) is 5.75 Å². The molecule has 29 heavy (non-hydrogen) atoms. The van der Waals surface area contributed by atoms with E-state index in [2.05, 4.69) is 16.0 Å². The third-order valence-corrected chi connectivity index (χ3v) is 4.42. The smallest absolute Gasteiger partial charge is 0.326 e. The number of carboxylic acid groups (broad SMARTS) is 2. The van der Waals surface area contributed by atoms with Gasteiger partial charge in [0.05, 0.1) is 12.6 Å². The summed E-state index contributed by atoms with van der Waals surface area (Å²) in [5, 5.41) is 34.6.